The smallest absolute Gasteiger partial charge is 0.0541 e. The summed E-state index contributed by atoms with van der Waals surface area (Å²) in [5.74, 6) is 0. The molecule has 8 aromatic rings. The molecule has 1 saturated heterocycles. The first-order chi connectivity index (χ1) is 21.7. The Morgan fingerprint density at radius 3 is 1.09 bits per heavy atom. The van der Waals surface area contributed by atoms with Crippen LogP contribution >= 0.6 is 0 Å². The summed E-state index contributed by atoms with van der Waals surface area (Å²) in [5, 5.41) is 5.18. The lowest BCUT2D eigenvalue weighted by Gasteiger charge is -2.31. The van der Waals surface area contributed by atoms with Gasteiger partial charge in [0.15, 0.2) is 0 Å². The summed E-state index contributed by atoms with van der Waals surface area (Å²) < 4.78 is 4.81. The van der Waals surface area contributed by atoms with Crippen molar-refractivity contribution < 1.29 is 0 Å². The largest absolute Gasteiger partial charge is 0.309 e. The first-order valence-corrected chi connectivity index (χ1v) is 15.6. The van der Waals surface area contributed by atoms with Gasteiger partial charge in [0.25, 0.3) is 0 Å². The average Bonchev–Trinajstić information content (AvgIpc) is 3.75. The number of hydrogen-bond acceptors (Lipinski definition) is 1. The van der Waals surface area contributed by atoms with Crippen LogP contribution in [0.1, 0.15) is 17.5 Å². The molecule has 0 N–H and O–H groups in total. The van der Waals surface area contributed by atoms with Crippen molar-refractivity contribution in [2.24, 2.45) is 0 Å². The number of aromatic nitrogens is 2. The Hall–Kier alpha value is -5.12. The molecule has 1 aliphatic rings. The number of hydrogen-bond donors (Lipinski definition) is 0. The minimum atomic E-state index is -0.0482. The summed E-state index contributed by atoms with van der Waals surface area (Å²) in [4.78, 5) is 2.47. The van der Waals surface area contributed by atoms with Gasteiger partial charge in [0.05, 0.1) is 22.1 Å². The maximum Gasteiger partial charge on any atom is 0.0541 e. The Labute approximate surface area is 257 Å². The van der Waals surface area contributed by atoms with Crippen molar-refractivity contribution in [2.45, 2.75) is 11.8 Å². The quantitative estimate of drug-likeness (QED) is 0.206. The summed E-state index contributed by atoms with van der Waals surface area (Å²) >= 11 is 0. The number of nitrogens with zero attached hydrogens (tertiary/aromatic N) is 3. The standard InChI is InChI=1S/C41H33N3/c1-42-27-26-41(28-42,29-18-22-31(23-19-29)43-37-14-6-2-10-33(37)34-11-3-7-15-38(34)43)30-20-24-32(25-21-30)44-39-16-8-4-12-35(39)36-13-5-9-17-40(36)44/h2-25H,26-28H2,1H3. The predicted octanol–water partition coefficient (Wildman–Crippen LogP) is 9.50. The van der Waals surface area contributed by atoms with Crippen LogP contribution in [0.3, 0.4) is 0 Å². The van der Waals surface area contributed by atoms with Gasteiger partial charge in [0.2, 0.25) is 0 Å². The Morgan fingerprint density at radius 1 is 0.432 bits per heavy atom. The molecular weight excluding hydrogens is 534 g/mol. The topological polar surface area (TPSA) is 13.1 Å². The highest BCUT2D eigenvalue weighted by molar-refractivity contribution is 6.10. The van der Waals surface area contributed by atoms with Gasteiger partial charge in [0.1, 0.15) is 0 Å². The van der Waals surface area contributed by atoms with E-state index in [-0.39, 0.29) is 5.41 Å². The van der Waals surface area contributed by atoms with E-state index in [2.05, 4.69) is 167 Å². The van der Waals surface area contributed by atoms with Crippen molar-refractivity contribution in [3.05, 3.63) is 157 Å². The minimum absolute atomic E-state index is 0.0482. The second-order valence-corrected chi connectivity index (χ2v) is 12.4. The molecule has 3 heterocycles. The van der Waals surface area contributed by atoms with Gasteiger partial charge in [-0.3, -0.25) is 0 Å². The summed E-state index contributed by atoms with van der Waals surface area (Å²) in [7, 11) is 2.25. The number of likely N-dealkylation sites (N-methyl/N-ethyl adjacent to an activating group) is 1. The molecular formula is C41H33N3. The van der Waals surface area contributed by atoms with E-state index < -0.39 is 0 Å². The molecule has 0 spiro atoms. The first kappa shape index (κ1) is 25.4. The van der Waals surface area contributed by atoms with Crippen LogP contribution in [0.5, 0.6) is 0 Å². The zero-order valence-corrected chi connectivity index (χ0v) is 24.8. The van der Waals surface area contributed by atoms with Gasteiger partial charge in [-0.15, -0.1) is 0 Å². The van der Waals surface area contributed by atoms with Gasteiger partial charge in [0, 0.05) is 44.9 Å². The van der Waals surface area contributed by atoms with Gasteiger partial charge in [-0.2, -0.15) is 0 Å². The van der Waals surface area contributed by atoms with E-state index in [0.29, 0.717) is 0 Å². The highest BCUT2D eigenvalue weighted by atomic mass is 15.1. The minimum Gasteiger partial charge on any atom is -0.309 e. The number of benzene rings is 6. The molecule has 0 bridgehead atoms. The Balaban J connectivity index is 1.14. The molecule has 6 aromatic carbocycles. The van der Waals surface area contributed by atoms with Crippen LogP contribution < -0.4 is 0 Å². The zero-order valence-electron chi connectivity index (χ0n) is 24.8. The van der Waals surface area contributed by atoms with Crippen LogP contribution in [0.4, 0.5) is 0 Å². The zero-order chi connectivity index (χ0) is 29.3. The monoisotopic (exact) mass is 567 g/mol. The molecule has 212 valence electrons. The lowest BCUT2D eigenvalue weighted by molar-refractivity contribution is 0.391. The van der Waals surface area contributed by atoms with Gasteiger partial charge >= 0.3 is 0 Å². The fourth-order valence-electron chi connectivity index (χ4n) is 7.90. The van der Waals surface area contributed by atoms with E-state index in [9.17, 15) is 0 Å². The second-order valence-electron chi connectivity index (χ2n) is 12.4. The second kappa shape index (κ2) is 9.70. The molecule has 0 unspecified atom stereocenters. The predicted molar refractivity (Wildman–Crippen MR) is 184 cm³/mol. The number of rotatable bonds is 4. The fourth-order valence-corrected chi connectivity index (χ4v) is 7.90. The third kappa shape index (κ3) is 3.66. The molecule has 0 aliphatic carbocycles. The number of para-hydroxylation sites is 4. The molecule has 1 aliphatic heterocycles. The van der Waals surface area contributed by atoms with E-state index in [1.807, 2.05) is 0 Å². The van der Waals surface area contributed by atoms with E-state index >= 15 is 0 Å². The highest BCUT2D eigenvalue weighted by Gasteiger charge is 2.40. The maximum atomic E-state index is 2.47. The van der Waals surface area contributed by atoms with E-state index in [1.165, 1.54) is 66.1 Å². The van der Waals surface area contributed by atoms with Crippen LogP contribution in [-0.4, -0.2) is 34.2 Å². The van der Waals surface area contributed by atoms with Crippen molar-refractivity contribution in [1.29, 1.82) is 0 Å². The van der Waals surface area contributed by atoms with Crippen molar-refractivity contribution >= 4 is 43.6 Å². The summed E-state index contributed by atoms with van der Waals surface area (Å²) in [6.07, 6.45) is 1.10. The average molecular weight is 568 g/mol. The van der Waals surface area contributed by atoms with Crippen LogP contribution in [0, 0.1) is 0 Å². The van der Waals surface area contributed by atoms with E-state index in [4.69, 9.17) is 0 Å². The Kier molecular flexibility index (Phi) is 5.60. The molecule has 1 fully saturated rings. The molecule has 0 amide bonds. The fraction of sp³-hybridized carbons (Fsp3) is 0.122. The number of fused-ring (bicyclic) bond motifs is 6. The lowest BCUT2D eigenvalue weighted by atomic mass is 9.73. The van der Waals surface area contributed by atoms with Gasteiger partial charge in [-0.25, -0.2) is 0 Å². The third-order valence-electron chi connectivity index (χ3n) is 9.98. The van der Waals surface area contributed by atoms with E-state index in [0.717, 1.165) is 19.5 Å². The normalized spacial score (nSPS) is 15.2. The molecule has 44 heavy (non-hydrogen) atoms. The van der Waals surface area contributed by atoms with Crippen LogP contribution in [0.2, 0.25) is 0 Å². The molecule has 3 heteroatoms. The maximum absolute atomic E-state index is 2.47. The Bertz CT molecular complexity index is 2060. The lowest BCUT2D eigenvalue weighted by Crippen LogP contribution is -2.31. The summed E-state index contributed by atoms with van der Waals surface area (Å²) in [6.45, 7) is 2.10. The van der Waals surface area contributed by atoms with Gasteiger partial charge in [-0.05, 0) is 79.7 Å². The van der Waals surface area contributed by atoms with Crippen LogP contribution in [-0.2, 0) is 5.41 Å². The molecule has 0 saturated carbocycles. The first-order valence-electron chi connectivity index (χ1n) is 15.6. The molecule has 9 rings (SSSR count). The van der Waals surface area contributed by atoms with Crippen molar-refractivity contribution in [2.75, 3.05) is 20.1 Å². The summed E-state index contributed by atoms with van der Waals surface area (Å²) in [6, 6.07) is 53.7. The van der Waals surface area contributed by atoms with Crippen molar-refractivity contribution in [1.82, 2.24) is 14.0 Å². The molecule has 3 nitrogen and oxygen atoms in total. The highest BCUT2D eigenvalue weighted by Crippen LogP contribution is 2.42. The summed E-state index contributed by atoms with van der Waals surface area (Å²) in [5.41, 5.74) is 10.1. The SMILES string of the molecule is CN1CCC(c2ccc(-n3c4ccccc4c4ccccc43)cc2)(c2ccc(-n3c4ccccc4c4ccccc43)cc2)C1. The molecule has 0 radical (unpaired) electrons. The van der Waals surface area contributed by atoms with Crippen molar-refractivity contribution in [3.8, 4) is 11.4 Å². The van der Waals surface area contributed by atoms with Gasteiger partial charge < -0.3 is 14.0 Å². The van der Waals surface area contributed by atoms with E-state index in [1.54, 1.807) is 0 Å². The molecule has 0 atom stereocenters. The van der Waals surface area contributed by atoms with Crippen LogP contribution in [0.15, 0.2) is 146 Å². The van der Waals surface area contributed by atoms with Crippen molar-refractivity contribution in [3.63, 3.8) is 0 Å². The van der Waals surface area contributed by atoms with Gasteiger partial charge in [-0.1, -0.05) is 97.1 Å². The molecule has 2 aromatic heterocycles. The Morgan fingerprint density at radius 2 is 0.773 bits per heavy atom. The van der Waals surface area contributed by atoms with Crippen LogP contribution in [0.25, 0.3) is 55.0 Å². The number of likely N-dealkylation sites (tertiary alicyclic amines) is 1. The third-order valence-corrected chi connectivity index (χ3v) is 9.98.